The van der Waals surface area contributed by atoms with Gasteiger partial charge in [0.15, 0.2) is 0 Å². The molecule has 2 saturated carbocycles. The Hall–Kier alpha value is -2.37. The maximum Gasteiger partial charge on any atom is 0.246 e. The first-order valence-corrected chi connectivity index (χ1v) is 9.35. The minimum absolute atomic E-state index is 0.00493. The monoisotopic (exact) mass is 354 g/mol. The van der Waals surface area contributed by atoms with Crippen LogP contribution in [0.15, 0.2) is 25.1 Å². The van der Waals surface area contributed by atoms with Crippen LogP contribution in [0.25, 0.3) is 5.57 Å². The molecule has 2 amide bonds. The summed E-state index contributed by atoms with van der Waals surface area (Å²) in [7, 11) is 2.06. The van der Waals surface area contributed by atoms with Crippen LogP contribution in [-0.4, -0.2) is 50.8 Å². The average molecular weight is 354 g/mol. The van der Waals surface area contributed by atoms with Gasteiger partial charge in [-0.3, -0.25) is 9.59 Å². The molecule has 4 rings (SSSR count). The van der Waals surface area contributed by atoms with Crippen LogP contribution in [0.1, 0.15) is 44.1 Å². The summed E-state index contributed by atoms with van der Waals surface area (Å²) in [6.45, 7) is 6.82. The molecule has 2 aliphatic carbocycles. The normalized spacial score (nSPS) is 29.8. The summed E-state index contributed by atoms with van der Waals surface area (Å²) in [5.74, 6) is 1.71. The van der Waals surface area contributed by atoms with E-state index in [9.17, 15) is 9.59 Å². The zero-order valence-electron chi connectivity index (χ0n) is 15.5. The van der Waals surface area contributed by atoms with E-state index in [1.807, 2.05) is 19.3 Å². The number of hydrogen-bond donors (Lipinski definition) is 0. The van der Waals surface area contributed by atoms with E-state index < -0.39 is 0 Å². The van der Waals surface area contributed by atoms with Crippen molar-refractivity contribution in [2.45, 2.75) is 44.1 Å². The molecule has 0 aromatic carbocycles. The Labute approximate surface area is 154 Å². The Morgan fingerprint density at radius 2 is 2.19 bits per heavy atom. The molecule has 1 aliphatic heterocycles. The number of piperidine rings is 1. The minimum Gasteiger partial charge on any atom is -0.337 e. The van der Waals surface area contributed by atoms with Gasteiger partial charge in [0, 0.05) is 49.2 Å². The number of imidazole rings is 1. The molecular weight excluding hydrogens is 328 g/mol. The molecule has 2 heterocycles. The highest BCUT2D eigenvalue weighted by atomic mass is 16.2. The Balaban J connectivity index is 1.51. The molecule has 0 N–H and O–H groups in total. The molecular formula is C20H26N4O2. The largest absolute Gasteiger partial charge is 0.337 e. The number of likely N-dealkylation sites (tertiary alicyclic amines) is 1. The number of carbonyl (C=O) groups is 2. The van der Waals surface area contributed by atoms with E-state index >= 15 is 0 Å². The first-order valence-electron chi connectivity index (χ1n) is 9.35. The van der Waals surface area contributed by atoms with Gasteiger partial charge in [-0.05, 0) is 44.6 Å². The fraction of sp³-hybridized carbons (Fsp3) is 0.550. The summed E-state index contributed by atoms with van der Waals surface area (Å²) in [5.41, 5.74) is 2.70. The van der Waals surface area contributed by atoms with Crippen LogP contribution in [-0.2, 0) is 22.1 Å². The van der Waals surface area contributed by atoms with Crippen molar-refractivity contribution in [3.8, 4) is 0 Å². The molecule has 3 fully saturated rings. The van der Waals surface area contributed by atoms with Gasteiger partial charge in [-0.15, -0.1) is 0 Å². The van der Waals surface area contributed by atoms with Crippen LogP contribution in [0.4, 0.5) is 0 Å². The van der Waals surface area contributed by atoms with Crippen molar-refractivity contribution in [1.82, 2.24) is 19.4 Å². The fourth-order valence-electron chi connectivity index (χ4n) is 4.39. The van der Waals surface area contributed by atoms with Gasteiger partial charge in [-0.1, -0.05) is 6.58 Å². The quantitative estimate of drug-likeness (QED) is 0.580. The number of nitrogens with zero attached hydrogens (tertiary/aromatic N) is 4. The average Bonchev–Trinajstić information content (AvgIpc) is 3.49. The molecule has 26 heavy (non-hydrogen) atoms. The molecule has 6 nitrogen and oxygen atoms in total. The first-order chi connectivity index (χ1) is 12.5. The van der Waals surface area contributed by atoms with Crippen molar-refractivity contribution in [2.75, 3.05) is 13.1 Å². The number of allylic oxidation sites excluding steroid dienone is 1. The lowest BCUT2D eigenvalue weighted by atomic mass is 10.0. The van der Waals surface area contributed by atoms with Crippen molar-refractivity contribution in [3.63, 3.8) is 0 Å². The third-order valence-electron chi connectivity index (χ3n) is 6.30. The number of hydrogen-bond acceptors (Lipinski definition) is 3. The highest BCUT2D eigenvalue weighted by Crippen LogP contribution is 2.75. The number of aromatic nitrogens is 2. The van der Waals surface area contributed by atoms with E-state index in [1.165, 1.54) is 24.6 Å². The lowest BCUT2D eigenvalue weighted by Gasteiger charge is -2.36. The van der Waals surface area contributed by atoms with Crippen molar-refractivity contribution >= 4 is 17.9 Å². The van der Waals surface area contributed by atoms with Crippen LogP contribution in [0, 0.1) is 5.92 Å². The Morgan fingerprint density at radius 3 is 2.81 bits per heavy atom. The van der Waals surface area contributed by atoms with Gasteiger partial charge in [0.05, 0.1) is 6.04 Å². The third kappa shape index (κ3) is 2.68. The zero-order chi connectivity index (χ0) is 18.5. The minimum atomic E-state index is -0.0716. The molecule has 6 heteroatoms. The molecule has 3 aliphatic rings. The fourth-order valence-corrected chi connectivity index (χ4v) is 4.39. The van der Waals surface area contributed by atoms with Crippen molar-refractivity contribution in [2.24, 2.45) is 13.0 Å². The summed E-state index contributed by atoms with van der Waals surface area (Å²) in [5, 5.41) is 0. The Kier molecular flexibility index (Phi) is 4.01. The number of amides is 2. The molecule has 0 bridgehead atoms. The van der Waals surface area contributed by atoms with Gasteiger partial charge < -0.3 is 14.4 Å². The highest BCUT2D eigenvalue weighted by molar-refractivity contribution is 5.87. The van der Waals surface area contributed by atoms with Gasteiger partial charge >= 0.3 is 0 Å². The molecule has 1 atom stereocenters. The van der Waals surface area contributed by atoms with E-state index in [0.717, 1.165) is 43.1 Å². The van der Waals surface area contributed by atoms with Gasteiger partial charge in [0.1, 0.15) is 5.82 Å². The summed E-state index contributed by atoms with van der Waals surface area (Å²) >= 11 is 0. The lowest BCUT2D eigenvalue weighted by molar-refractivity contribution is -0.129. The summed E-state index contributed by atoms with van der Waals surface area (Å²) in [6.07, 6.45) is 10.4. The highest BCUT2D eigenvalue weighted by Gasteiger charge is 2.71. The zero-order valence-corrected chi connectivity index (χ0v) is 15.5. The van der Waals surface area contributed by atoms with Crippen LogP contribution in [0.3, 0.4) is 0 Å². The molecule has 0 radical (unpaired) electrons. The number of rotatable bonds is 6. The second-order valence-electron chi connectivity index (χ2n) is 7.94. The smallest absolute Gasteiger partial charge is 0.246 e. The Morgan fingerprint density at radius 1 is 1.46 bits per heavy atom. The molecule has 1 unspecified atom stereocenters. The molecule has 1 aromatic rings. The van der Waals surface area contributed by atoms with Gasteiger partial charge in [-0.2, -0.15) is 0 Å². The van der Waals surface area contributed by atoms with Crippen LogP contribution in [0.5, 0.6) is 0 Å². The predicted octanol–water partition coefficient (Wildman–Crippen LogP) is 2.08. The van der Waals surface area contributed by atoms with Gasteiger partial charge in [-0.25, -0.2) is 4.98 Å². The predicted molar refractivity (Wildman–Crippen MR) is 99.0 cm³/mol. The van der Waals surface area contributed by atoms with E-state index in [4.69, 9.17) is 0 Å². The second kappa shape index (κ2) is 6.11. The summed E-state index contributed by atoms with van der Waals surface area (Å²) < 4.78 is 2.18. The molecule has 0 spiro atoms. The first kappa shape index (κ1) is 17.1. The summed E-state index contributed by atoms with van der Waals surface area (Å²) in [4.78, 5) is 31.7. The van der Waals surface area contributed by atoms with E-state index in [-0.39, 0.29) is 11.9 Å². The molecule has 1 aromatic heterocycles. The van der Waals surface area contributed by atoms with E-state index in [0.29, 0.717) is 12.0 Å². The standard InChI is InChI=1S/C20H26N4O2/c1-4-18(26)23-7-5-6-16(12-23)24(13-25)11-14(2)19-21-10-17(22(19)3)20-8-15(20)9-20/h4,10-11,13,15-16H,1,5-9,12H2,2-3H3/b14-11-. The van der Waals surface area contributed by atoms with Crippen LogP contribution < -0.4 is 0 Å². The van der Waals surface area contributed by atoms with E-state index in [1.54, 1.807) is 9.80 Å². The van der Waals surface area contributed by atoms with E-state index in [2.05, 4.69) is 23.2 Å². The second-order valence-corrected chi connectivity index (χ2v) is 7.94. The maximum atomic E-state index is 11.9. The number of fused-ring (bicyclic) bond motifs is 1. The van der Waals surface area contributed by atoms with Crippen molar-refractivity contribution < 1.29 is 9.59 Å². The van der Waals surface area contributed by atoms with Gasteiger partial charge in [0.2, 0.25) is 12.3 Å². The Bertz CT molecular complexity index is 788. The van der Waals surface area contributed by atoms with Crippen LogP contribution >= 0.6 is 0 Å². The van der Waals surface area contributed by atoms with Gasteiger partial charge in [0.25, 0.3) is 0 Å². The van der Waals surface area contributed by atoms with Crippen LogP contribution in [0.2, 0.25) is 0 Å². The molecule has 138 valence electrons. The topological polar surface area (TPSA) is 58.4 Å². The SMILES string of the molecule is C=CC(=O)N1CCCC(N(C=O)/C=C(/C)c2ncc(C34CC3C4)n2C)C1. The van der Waals surface area contributed by atoms with Crippen molar-refractivity contribution in [1.29, 1.82) is 0 Å². The maximum absolute atomic E-state index is 11.9. The summed E-state index contributed by atoms with van der Waals surface area (Å²) in [6, 6.07) is -0.00493. The third-order valence-corrected chi connectivity index (χ3v) is 6.30. The lowest BCUT2D eigenvalue weighted by Crippen LogP contribution is -2.47. The van der Waals surface area contributed by atoms with Crippen molar-refractivity contribution in [3.05, 3.63) is 36.6 Å². The molecule has 1 saturated heterocycles. The number of carbonyl (C=O) groups excluding carboxylic acids is 2.